The Morgan fingerprint density at radius 1 is 1.21 bits per heavy atom. The number of furan rings is 1. The lowest BCUT2D eigenvalue weighted by molar-refractivity contribution is -0.116. The Kier molecular flexibility index (Phi) is 4.37. The zero-order valence-corrected chi connectivity index (χ0v) is 16.2. The standard InChI is InChI=1S/C22H17N3O3S/c26-21-13-29-20-6-5-15(9-19(20)25(21)11-14-7-8-28-12-14)22(27)24-18-10-23-17-4-2-1-3-16(17)18/h1-10,12,23H,11,13H2,(H,24,27). The highest BCUT2D eigenvalue weighted by Crippen LogP contribution is 2.37. The molecule has 0 aliphatic carbocycles. The second-order valence-corrected chi connectivity index (χ2v) is 7.80. The summed E-state index contributed by atoms with van der Waals surface area (Å²) in [7, 11) is 0. The summed E-state index contributed by atoms with van der Waals surface area (Å²) in [6, 6.07) is 15.1. The van der Waals surface area contributed by atoms with Crippen molar-refractivity contribution in [3.05, 3.63) is 78.4 Å². The van der Waals surface area contributed by atoms with Crippen molar-refractivity contribution in [3.63, 3.8) is 0 Å². The minimum atomic E-state index is -0.219. The number of hydrogen-bond acceptors (Lipinski definition) is 4. The maximum absolute atomic E-state index is 12.9. The minimum absolute atomic E-state index is 0.0119. The molecule has 0 bridgehead atoms. The quantitative estimate of drug-likeness (QED) is 0.520. The van der Waals surface area contributed by atoms with Gasteiger partial charge in [-0.25, -0.2) is 0 Å². The van der Waals surface area contributed by atoms with Crippen molar-refractivity contribution in [1.82, 2.24) is 4.98 Å². The summed E-state index contributed by atoms with van der Waals surface area (Å²) in [6.07, 6.45) is 5.00. The summed E-state index contributed by atoms with van der Waals surface area (Å²) in [5.41, 5.74) is 3.84. The summed E-state index contributed by atoms with van der Waals surface area (Å²) in [5, 5.41) is 3.91. The Morgan fingerprint density at radius 3 is 2.97 bits per heavy atom. The number of hydrogen-bond donors (Lipinski definition) is 2. The number of para-hydroxylation sites is 1. The summed E-state index contributed by atoms with van der Waals surface area (Å²) < 4.78 is 5.12. The number of anilines is 2. The molecule has 144 valence electrons. The molecule has 0 spiro atoms. The average molecular weight is 403 g/mol. The van der Waals surface area contributed by atoms with Gasteiger partial charge in [0, 0.05) is 33.1 Å². The summed E-state index contributed by atoms with van der Waals surface area (Å²) >= 11 is 1.49. The van der Waals surface area contributed by atoms with Crippen molar-refractivity contribution in [2.75, 3.05) is 16.0 Å². The monoisotopic (exact) mass is 403 g/mol. The van der Waals surface area contributed by atoms with Gasteiger partial charge in [0.15, 0.2) is 0 Å². The van der Waals surface area contributed by atoms with E-state index in [2.05, 4.69) is 10.3 Å². The Bertz CT molecular complexity index is 1210. The van der Waals surface area contributed by atoms with Gasteiger partial charge in [-0.15, -0.1) is 11.8 Å². The van der Waals surface area contributed by atoms with Gasteiger partial charge in [-0.1, -0.05) is 18.2 Å². The van der Waals surface area contributed by atoms with E-state index in [1.165, 1.54) is 11.8 Å². The van der Waals surface area contributed by atoms with Gasteiger partial charge in [0.2, 0.25) is 5.91 Å². The number of amides is 2. The Morgan fingerprint density at radius 2 is 2.10 bits per heavy atom. The first-order valence-electron chi connectivity index (χ1n) is 9.15. The third-order valence-electron chi connectivity index (χ3n) is 4.92. The van der Waals surface area contributed by atoms with Crippen LogP contribution in [-0.2, 0) is 11.3 Å². The van der Waals surface area contributed by atoms with Gasteiger partial charge in [0.25, 0.3) is 5.91 Å². The van der Waals surface area contributed by atoms with E-state index in [0.29, 0.717) is 17.9 Å². The molecule has 2 aromatic carbocycles. The van der Waals surface area contributed by atoms with Gasteiger partial charge in [-0.3, -0.25) is 9.59 Å². The molecule has 2 amide bonds. The van der Waals surface area contributed by atoms with Crippen LogP contribution in [0.25, 0.3) is 10.9 Å². The van der Waals surface area contributed by atoms with Crippen LogP contribution in [0, 0.1) is 0 Å². The van der Waals surface area contributed by atoms with E-state index < -0.39 is 0 Å². The molecular weight excluding hydrogens is 386 g/mol. The Balaban J connectivity index is 1.45. The molecule has 7 heteroatoms. The minimum Gasteiger partial charge on any atom is -0.472 e. The lowest BCUT2D eigenvalue weighted by Gasteiger charge is -2.29. The predicted molar refractivity (Wildman–Crippen MR) is 113 cm³/mol. The van der Waals surface area contributed by atoms with E-state index in [1.54, 1.807) is 35.8 Å². The number of carbonyl (C=O) groups is 2. The van der Waals surface area contributed by atoms with Gasteiger partial charge < -0.3 is 19.6 Å². The zero-order valence-electron chi connectivity index (χ0n) is 15.3. The van der Waals surface area contributed by atoms with E-state index in [9.17, 15) is 9.59 Å². The number of fused-ring (bicyclic) bond motifs is 2. The molecule has 4 aromatic rings. The van der Waals surface area contributed by atoms with E-state index in [4.69, 9.17) is 4.42 Å². The van der Waals surface area contributed by atoms with Crippen molar-refractivity contribution < 1.29 is 14.0 Å². The number of H-pyrrole nitrogens is 1. The fourth-order valence-electron chi connectivity index (χ4n) is 3.45. The van der Waals surface area contributed by atoms with Crippen molar-refractivity contribution >= 4 is 45.9 Å². The molecule has 0 radical (unpaired) electrons. The molecule has 3 heterocycles. The molecule has 0 atom stereocenters. The normalized spacial score (nSPS) is 13.5. The third-order valence-corrected chi connectivity index (χ3v) is 5.97. The van der Waals surface area contributed by atoms with Crippen LogP contribution in [0.3, 0.4) is 0 Å². The summed E-state index contributed by atoms with van der Waals surface area (Å²) in [4.78, 5) is 31.3. The fourth-order valence-corrected chi connectivity index (χ4v) is 4.37. The molecule has 0 saturated carbocycles. The van der Waals surface area contributed by atoms with E-state index >= 15 is 0 Å². The number of aromatic amines is 1. The van der Waals surface area contributed by atoms with Crippen LogP contribution >= 0.6 is 11.8 Å². The lowest BCUT2D eigenvalue weighted by Crippen LogP contribution is -2.34. The maximum Gasteiger partial charge on any atom is 0.255 e. The maximum atomic E-state index is 12.9. The van der Waals surface area contributed by atoms with Crippen molar-refractivity contribution in [3.8, 4) is 0 Å². The number of nitrogens with one attached hydrogen (secondary N) is 2. The SMILES string of the molecule is O=C(Nc1c[nH]c2ccccc12)c1ccc2c(c1)N(Cc1ccoc1)C(=O)CS2. The summed E-state index contributed by atoms with van der Waals surface area (Å²) in [5.74, 6) is 0.174. The highest BCUT2D eigenvalue weighted by atomic mass is 32.2. The molecule has 0 fully saturated rings. The van der Waals surface area contributed by atoms with Crippen LogP contribution in [-0.4, -0.2) is 22.6 Å². The van der Waals surface area contributed by atoms with Crippen LogP contribution in [0.1, 0.15) is 15.9 Å². The summed E-state index contributed by atoms with van der Waals surface area (Å²) in [6.45, 7) is 0.413. The van der Waals surface area contributed by atoms with Gasteiger partial charge in [0.05, 0.1) is 36.2 Å². The van der Waals surface area contributed by atoms with Crippen molar-refractivity contribution in [2.24, 2.45) is 0 Å². The fraction of sp³-hybridized carbons (Fsp3) is 0.0909. The highest BCUT2D eigenvalue weighted by molar-refractivity contribution is 8.00. The number of nitrogens with zero attached hydrogens (tertiary/aromatic N) is 1. The van der Waals surface area contributed by atoms with Gasteiger partial charge in [-0.2, -0.15) is 0 Å². The van der Waals surface area contributed by atoms with Gasteiger partial charge in [0.1, 0.15) is 0 Å². The van der Waals surface area contributed by atoms with Gasteiger partial charge >= 0.3 is 0 Å². The van der Waals surface area contributed by atoms with Crippen molar-refractivity contribution in [2.45, 2.75) is 11.4 Å². The second-order valence-electron chi connectivity index (χ2n) is 6.78. The first-order valence-corrected chi connectivity index (χ1v) is 10.1. The molecular formula is C22H17N3O3S. The molecule has 5 rings (SSSR count). The highest BCUT2D eigenvalue weighted by Gasteiger charge is 2.26. The van der Waals surface area contributed by atoms with E-state index in [1.807, 2.05) is 36.4 Å². The smallest absolute Gasteiger partial charge is 0.255 e. The second kappa shape index (κ2) is 7.18. The topological polar surface area (TPSA) is 78.3 Å². The molecule has 6 nitrogen and oxygen atoms in total. The van der Waals surface area contributed by atoms with Crippen LogP contribution in [0.15, 0.2) is 76.6 Å². The third kappa shape index (κ3) is 3.30. The molecule has 29 heavy (non-hydrogen) atoms. The van der Waals surface area contributed by atoms with E-state index in [-0.39, 0.29) is 11.8 Å². The molecule has 2 aromatic heterocycles. The molecule has 0 unspecified atom stereocenters. The van der Waals surface area contributed by atoms with Crippen LogP contribution < -0.4 is 10.2 Å². The first-order chi connectivity index (χ1) is 14.2. The number of carbonyl (C=O) groups excluding carboxylic acids is 2. The number of benzene rings is 2. The largest absolute Gasteiger partial charge is 0.472 e. The van der Waals surface area contributed by atoms with Crippen LogP contribution in [0.5, 0.6) is 0 Å². The molecule has 1 aliphatic heterocycles. The zero-order chi connectivity index (χ0) is 19.8. The van der Waals surface area contributed by atoms with Crippen LogP contribution in [0.2, 0.25) is 0 Å². The predicted octanol–water partition coefficient (Wildman–Crippen LogP) is 4.65. The number of thioether (sulfide) groups is 1. The number of aromatic nitrogens is 1. The van der Waals surface area contributed by atoms with Gasteiger partial charge in [-0.05, 0) is 30.3 Å². The van der Waals surface area contributed by atoms with E-state index in [0.717, 1.165) is 32.7 Å². The van der Waals surface area contributed by atoms with Crippen molar-refractivity contribution in [1.29, 1.82) is 0 Å². The Labute approximate surface area is 170 Å². The molecule has 0 saturated heterocycles. The first kappa shape index (κ1) is 17.6. The Hall–Kier alpha value is -3.45. The molecule has 2 N–H and O–H groups in total. The van der Waals surface area contributed by atoms with Crippen LogP contribution in [0.4, 0.5) is 11.4 Å². The molecule has 1 aliphatic rings. The lowest BCUT2D eigenvalue weighted by atomic mass is 10.1. The average Bonchev–Trinajstić information content (AvgIpc) is 3.40. The number of rotatable bonds is 4.